The zero-order valence-electron chi connectivity index (χ0n) is 18.1. The second kappa shape index (κ2) is 9.88. The van der Waals surface area contributed by atoms with E-state index in [0.717, 1.165) is 16.5 Å². The van der Waals surface area contributed by atoms with Gasteiger partial charge in [0.2, 0.25) is 0 Å². The Bertz CT molecular complexity index is 1050. The molecule has 0 aliphatic heterocycles. The van der Waals surface area contributed by atoms with Crippen molar-refractivity contribution in [2.75, 3.05) is 34.5 Å². The van der Waals surface area contributed by atoms with Gasteiger partial charge in [0.15, 0.2) is 0 Å². The lowest BCUT2D eigenvalue weighted by atomic mass is 10.1. The number of aromatic amines is 1. The largest absolute Gasteiger partial charge is 0.497 e. The minimum absolute atomic E-state index is 0.168. The first kappa shape index (κ1) is 22.0. The molecule has 1 aromatic heterocycles. The normalized spacial score (nSPS) is 10.6. The molecular weight excluding hydrogens is 400 g/mol. The number of benzene rings is 2. The van der Waals surface area contributed by atoms with Gasteiger partial charge in [-0.1, -0.05) is 0 Å². The number of esters is 1. The summed E-state index contributed by atoms with van der Waals surface area (Å²) in [6, 6.07) is 12.6. The standard InChI is InChI=1S/C23H26N2O6/c1-5-31-17-7-6-16-10-21(24-20(16)12-17)23(27)25(14-22(26)30-4)13-15-8-18(28-2)11-19(9-15)29-3/h6-12,24H,5,13-14H2,1-4H3. The molecule has 3 aromatic rings. The average molecular weight is 426 g/mol. The number of aromatic nitrogens is 1. The van der Waals surface area contributed by atoms with Crippen LogP contribution in [0.1, 0.15) is 23.0 Å². The van der Waals surface area contributed by atoms with Crippen LogP contribution in [0.25, 0.3) is 10.9 Å². The number of methoxy groups -OCH3 is 3. The number of nitrogens with one attached hydrogen (secondary N) is 1. The Kier molecular flexibility index (Phi) is 7.02. The van der Waals surface area contributed by atoms with Crippen molar-refractivity contribution in [3.05, 3.63) is 53.7 Å². The number of hydrogen-bond donors (Lipinski definition) is 1. The highest BCUT2D eigenvalue weighted by Gasteiger charge is 2.22. The quantitative estimate of drug-likeness (QED) is 0.528. The van der Waals surface area contributed by atoms with E-state index in [0.29, 0.717) is 29.5 Å². The van der Waals surface area contributed by atoms with Gasteiger partial charge < -0.3 is 28.8 Å². The maximum atomic E-state index is 13.3. The van der Waals surface area contributed by atoms with Gasteiger partial charge in [-0.15, -0.1) is 0 Å². The number of rotatable bonds is 9. The number of H-pyrrole nitrogens is 1. The third-order valence-corrected chi connectivity index (χ3v) is 4.75. The Morgan fingerprint density at radius 1 is 0.935 bits per heavy atom. The number of carbonyl (C=O) groups is 2. The molecule has 3 rings (SSSR count). The van der Waals surface area contributed by atoms with E-state index in [9.17, 15) is 9.59 Å². The highest BCUT2D eigenvalue weighted by atomic mass is 16.5. The summed E-state index contributed by atoms with van der Waals surface area (Å²) in [5, 5.41) is 0.868. The summed E-state index contributed by atoms with van der Waals surface area (Å²) in [4.78, 5) is 29.8. The maximum Gasteiger partial charge on any atom is 0.325 e. The van der Waals surface area contributed by atoms with Crippen molar-refractivity contribution in [2.45, 2.75) is 13.5 Å². The summed E-state index contributed by atoms with van der Waals surface area (Å²) in [6.07, 6.45) is 0. The van der Waals surface area contributed by atoms with Crippen LogP contribution in [-0.4, -0.2) is 56.2 Å². The minimum Gasteiger partial charge on any atom is -0.497 e. The van der Waals surface area contributed by atoms with Crippen LogP contribution in [0.15, 0.2) is 42.5 Å². The lowest BCUT2D eigenvalue weighted by Crippen LogP contribution is -2.36. The highest BCUT2D eigenvalue weighted by molar-refractivity contribution is 5.99. The average Bonchev–Trinajstić information content (AvgIpc) is 3.21. The van der Waals surface area contributed by atoms with Crippen LogP contribution in [0.4, 0.5) is 0 Å². The molecule has 8 nitrogen and oxygen atoms in total. The molecule has 0 bridgehead atoms. The summed E-state index contributed by atoms with van der Waals surface area (Å²) < 4.78 is 20.9. The van der Waals surface area contributed by atoms with Gasteiger partial charge in [0.05, 0.1) is 27.9 Å². The van der Waals surface area contributed by atoms with Crippen LogP contribution in [0.5, 0.6) is 17.2 Å². The monoisotopic (exact) mass is 426 g/mol. The summed E-state index contributed by atoms with van der Waals surface area (Å²) in [5.41, 5.74) is 1.89. The lowest BCUT2D eigenvalue weighted by Gasteiger charge is -2.21. The van der Waals surface area contributed by atoms with Gasteiger partial charge in [-0.2, -0.15) is 0 Å². The van der Waals surface area contributed by atoms with Crippen molar-refractivity contribution < 1.29 is 28.5 Å². The Morgan fingerprint density at radius 2 is 1.65 bits per heavy atom. The third kappa shape index (κ3) is 5.28. The first-order valence-electron chi connectivity index (χ1n) is 9.81. The molecule has 2 aromatic carbocycles. The summed E-state index contributed by atoms with van der Waals surface area (Å²) in [6.45, 7) is 2.43. The first-order chi connectivity index (χ1) is 15.0. The van der Waals surface area contributed by atoms with Gasteiger partial charge in [0.1, 0.15) is 29.5 Å². The van der Waals surface area contributed by atoms with Crippen molar-refractivity contribution in [1.29, 1.82) is 0 Å². The molecule has 1 N–H and O–H groups in total. The molecule has 0 aliphatic carbocycles. The molecule has 0 saturated carbocycles. The molecule has 0 spiro atoms. The number of nitrogens with zero attached hydrogens (tertiary/aromatic N) is 1. The molecule has 164 valence electrons. The van der Waals surface area contributed by atoms with E-state index in [2.05, 4.69) is 4.98 Å². The molecule has 0 radical (unpaired) electrons. The molecule has 0 saturated heterocycles. The van der Waals surface area contributed by atoms with Crippen LogP contribution in [0, 0.1) is 0 Å². The van der Waals surface area contributed by atoms with Crippen molar-refractivity contribution in [2.24, 2.45) is 0 Å². The zero-order chi connectivity index (χ0) is 22.4. The Labute approximate surface area is 180 Å². The first-order valence-corrected chi connectivity index (χ1v) is 9.81. The number of amides is 1. The van der Waals surface area contributed by atoms with E-state index in [1.807, 2.05) is 25.1 Å². The van der Waals surface area contributed by atoms with Crippen molar-refractivity contribution >= 4 is 22.8 Å². The summed E-state index contributed by atoms with van der Waals surface area (Å²) >= 11 is 0. The third-order valence-electron chi connectivity index (χ3n) is 4.75. The fraction of sp³-hybridized carbons (Fsp3) is 0.304. The Hall–Kier alpha value is -3.68. The van der Waals surface area contributed by atoms with Gasteiger partial charge in [-0.05, 0) is 42.8 Å². The maximum absolute atomic E-state index is 13.3. The highest BCUT2D eigenvalue weighted by Crippen LogP contribution is 2.25. The van der Waals surface area contributed by atoms with E-state index in [1.54, 1.807) is 38.5 Å². The van der Waals surface area contributed by atoms with E-state index >= 15 is 0 Å². The van der Waals surface area contributed by atoms with Gasteiger partial charge in [0.25, 0.3) is 5.91 Å². The zero-order valence-corrected chi connectivity index (χ0v) is 18.1. The predicted molar refractivity (Wildman–Crippen MR) is 116 cm³/mol. The van der Waals surface area contributed by atoms with Crippen LogP contribution < -0.4 is 14.2 Å². The van der Waals surface area contributed by atoms with Crippen LogP contribution in [-0.2, 0) is 16.1 Å². The van der Waals surface area contributed by atoms with Gasteiger partial charge >= 0.3 is 5.97 Å². The predicted octanol–water partition coefficient (Wildman–Crippen LogP) is 3.40. The lowest BCUT2D eigenvalue weighted by molar-refractivity contribution is -0.141. The summed E-state index contributed by atoms with van der Waals surface area (Å²) in [5.74, 6) is 1.05. The molecule has 1 heterocycles. The topological polar surface area (TPSA) is 90.1 Å². The SMILES string of the molecule is CCOc1ccc2cc(C(=O)N(CC(=O)OC)Cc3cc(OC)cc(OC)c3)[nH]c2c1. The van der Waals surface area contributed by atoms with Crippen LogP contribution in [0.2, 0.25) is 0 Å². The Morgan fingerprint density at radius 3 is 2.26 bits per heavy atom. The van der Waals surface area contributed by atoms with Crippen molar-refractivity contribution in [1.82, 2.24) is 9.88 Å². The van der Waals surface area contributed by atoms with Crippen molar-refractivity contribution in [3.8, 4) is 17.2 Å². The number of ether oxygens (including phenoxy) is 4. The molecule has 31 heavy (non-hydrogen) atoms. The molecule has 0 aliphatic rings. The van der Waals surface area contributed by atoms with E-state index < -0.39 is 5.97 Å². The summed E-state index contributed by atoms with van der Waals surface area (Å²) in [7, 11) is 4.39. The smallest absolute Gasteiger partial charge is 0.325 e. The van der Waals surface area contributed by atoms with Gasteiger partial charge in [-0.3, -0.25) is 9.59 Å². The van der Waals surface area contributed by atoms with Gasteiger partial charge in [-0.25, -0.2) is 0 Å². The van der Waals surface area contributed by atoms with Crippen LogP contribution in [0.3, 0.4) is 0 Å². The second-order valence-electron chi connectivity index (χ2n) is 6.82. The number of hydrogen-bond acceptors (Lipinski definition) is 6. The molecule has 0 atom stereocenters. The molecular formula is C23H26N2O6. The number of carbonyl (C=O) groups excluding carboxylic acids is 2. The molecule has 0 fully saturated rings. The Balaban J connectivity index is 1.92. The molecule has 8 heteroatoms. The van der Waals surface area contributed by atoms with E-state index in [1.165, 1.54) is 12.0 Å². The minimum atomic E-state index is -0.516. The number of fused-ring (bicyclic) bond motifs is 1. The fourth-order valence-corrected chi connectivity index (χ4v) is 3.25. The van der Waals surface area contributed by atoms with E-state index in [-0.39, 0.29) is 19.0 Å². The van der Waals surface area contributed by atoms with Crippen LogP contribution >= 0.6 is 0 Å². The van der Waals surface area contributed by atoms with Crippen molar-refractivity contribution in [3.63, 3.8) is 0 Å². The van der Waals surface area contributed by atoms with Gasteiger partial charge in [0, 0.05) is 29.6 Å². The molecule has 0 unspecified atom stereocenters. The van der Waals surface area contributed by atoms with E-state index in [4.69, 9.17) is 18.9 Å². The second-order valence-corrected chi connectivity index (χ2v) is 6.82. The fourth-order valence-electron chi connectivity index (χ4n) is 3.25. The molecule has 1 amide bonds.